The first-order chi connectivity index (χ1) is 10.0. The minimum atomic E-state index is -0.0361. The lowest BCUT2D eigenvalue weighted by atomic mass is 10.1. The molecule has 0 N–H and O–H groups in total. The molecule has 2 aromatic rings. The number of hydrogen-bond donors (Lipinski definition) is 0. The van der Waals surface area contributed by atoms with Gasteiger partial charge in [0.2, 0.25) is 0 Å². The molecule has 0 aliphatic rings. The van der Waals surface area contributed by atoms with E-state index in [4.69, 9.17) is 4.74 Å². The number of amides is 1. The van der Waals surface area contributed by atoms with E-state index in [0.29, 0.717) is 12.1 Å². The lowest BCUT2D eigenvalue weighted by Crippen LogP contribution is -2.26. The van der Waals surface area contributed by atoms with Crippen LogP contribution in [0, 0.1) is 0 Å². The van der Waals surface area contributed by atoms with E-state index in [1.165, 1.54) is 0 Å². The van der Waals surface area contributed by atoms with Crippen LogP contribution in [0.4, 0.5) is 0 Å². The van der Waals surface area contributed by atoms with Crippen molar-refractivity contribution in [1.29, 1.82) is 0 Å². The van der Waals surface area contributed by atoms with Crippen molar-refractivity contribution in [2.24, 2.45) is 0 Å². The largest absolute Gasteiger partial charge is 0.497 e. The van der Waals surface area contributed by atoms with Gasteiger partial charge in [0.1, 0.15) is 5.75 Å². The number of carbonyl (C=O) groups is 1. The van der Waals surface area contributed by atoms with Gasteiger partial charge in [-0.15, -0.1) is 0 Å². The second-order valence-corrected chi connectivity index (χ2v) is 6.41. The monoisotopic (exact) mass is 411 g/mol. The SMILES string of the molecule is COc1cccc(CN(C)C(=O)c2cc(Br)ccc2Br)c1. The summed E-state index contributed by atoms with van der Waals surface area (Å²) in [6.07, 6.45) is 0. The van der Waals surface area contributed by atoms with Crippen molar-refractivity contribution >= 4 is 37.8 Å². The highest BCUT2D eigenvalue weighted by Crippen LogP contribution is 2.23. The molecule has 0 unspecified atom stereocenters. The third-order valence-corrected chi connectivity index (χ3v) is 4.24. The maximum Gasteiger partial charge on any atom is 0.255 e. The third kappa shape index (κ3) is 4.08. The Kier molecular flexibility index (Phi) is 5.42. The summed E-state index contributed by atoms with van der Waals surface area (Å²) in [5.74, 6) is 0.753. The molecule has 3 nitrogen and oxygen atoms in total. The summed E-state index contributed by atoms with van der Waals surface area (Å²) in [5.41, 5.74) is 1.66. The molecular formula is C16H15Br2NO2. The van der Waals surface area contributed by atoms with E-state index in [1.807, 2.05) is 42.5 Å². The molecule has 1 amide bonds. The number of hydrogen-bond acceptors (Lipinski definition) is 2. The Hall–Kier alpha value is -1.33. The van der Waals surface area contributed by atoms with E-state index in [9.17, 15) is 4.79 Å². The molecule has 0 bridgehead atoms. The Bertz CT molecular complexity index is 658. The second-order valence-electron chi connectivity index (χ2n) is 4.64. The highest BCUT2D eigenvalue weighted by atomic mass is 79.9. The fourth-order valence-corrected chi connectivity index (χ4v) is 2.76. The minimum absolute atomic E-state index is 0.0361. The fraction of sp³-hybridized carbons (Fsp3) is 0.188. The topological polar surface area (TPSA) is 29.5 Å². The van der Waals surface area contributed by atoms with Gasteiger partial charge in [0.25, 0.3) is 5.91 Å². The van der Waals surface area contributed by atoms with E-state index in [0.717, 1.165) is 20.3 Å². The molecule has 21 heavy (non-hydrogen) atoms. The summed E-state index contributed by atoms with van der Waals surface area (Å²) in [5, 5.41) is 0. The number of halogens is 2. The number of benzene rings is 2. The normalized spacial score (nSPS) is 10.3. The summed E-state index contributed by atoms with van der Waals surface area (Å²) in [6, 6.07) is 13.3. The Morgan fingerprint density at radius 3 is 2.67 bits per heavy atom. The molecule has 0 aromatic heterocycles. The average Bonchev–Trinajstić information content (AvgIpc) is 2.49. The number of carbonyl (C=O) groups excluding carboxylic acids is 1. The molecular weight excluding hydrogens is 398 g/mol. The quantitative estimate of drug-likeness (QED) is 0.740. The smallest absolute Gasteiger partial charge is 0.255 e. The first-order valence-electron chi connectivity index (χ1n) is 6.34. The molecule has 2 rings (SSSR count). The molecule has 2 aromatic carbocycles. The van der Waals surface area contributed by atoms with Crippen molar-refractivity contribution < 1.29 is 9.53 Å². The molecule has 110 valence electrons. The maximum atomic E-state index is 12.5. The first-order valence-corrected chi connectivity index (χ1v) is 7.93. The molecule has 0 saturated carbocycles. The molecule has 0 atom stereocenters. The maximum absolute atomic E-state index is 12.5. The van der Waals surface area contributed by atoms with Gasteiger partial charge in [0.15, 0.2) is 0 Å². The van der Waals surface area contributed by atoms with Crippen LogP contribution in [0.2, 0.25) is 0 Å². The van der Waals surface area contributed by atoms with E-state index in [-0.39, 0.29) is 5.91 Å². The lowest BCUT2D eigenvalue weighted by Gasteiger charge is -2.18. The highest BCUT2D eigenvalue weighted by Gasteiger charge is 2.15. The van der Waals surface area contributed by atoms with Gasteiger partial charge in [-0.1, -0.05) is 28.1 Å². The van der Waals surface area contributed by atoms with Gasteiger partial charge < -0.3 is 9.64 Å². The van der Waals surface area contributed by atoms with Crippen molar-refractivity contribution in [3.8, 4) is 5.75 Å². The zero-order valence-corrected chi connectivity index (χ0v) is 14.9. The summed E-state index contributed by atoms with van der Waals surface area (Å²) in [6.45, 7) is 0.523. The molecule has 0 heterocycles. The van der Waals surface area contributed by atoms with Crippen molar-refractivity contribution in [1.82, 2.24) is 4.90 Å². The molecule has 0 aliphatic heterocycles. The van der Waals surface area contributed by atoms with Crippen LogP contribution in [-0.2, 0) is 6.54 Å². The fourth-order valence-electron chi connectivity index (χ4n) is 1.98. The molecule has 0 spiro atoms. The van der Waals surface area contributed by atoms with Crippen molar-refractivity contribution in [2.75, 3.05) is 14.2 Å². The standard InChI is InChI=1S/C16H15Br2NO2/c1-19(10-11-4-3-5-13(8-11)21-2)16(20)14-9-12(17)6-7-15(14)18/h3-9H,10H2,1-2H3. The van der Waals surface area contributed by atoms with Gasteiger partial charge in [-0.3, -0.25) is 4.79 Å². The molecule has 5 heteroatoms. The Morgan fingerprint density at radius 1 is 1.19 bits per heavy atom. The summed E-state index contributed by atoms with van der Waals surface area (Å²) >= 11 is 6.81. The van der Waals surface area contributed by atoms with Gasteiger partial charge in [0, 0.05) is 22.5 Å². The summed E-state index contributed by atoms with van der Waals surface area (Å²) in [4.78, 5) is 14.2. The average molecular weight is 413 g/mol. The van der Waals surface area contributed by atoms with Crippen LogP contribution in [0.5, 0.6) is 5.75 Å². The van der Waals surface area contributed by atoms with E-state index >= 15 is 0 Å². The Morgan fingerprint density at radius 2 is 1.95 bits per heavy atom. The van der Waals surface area contributed by atoms with Crippen LogP contribution in [0.1, 0.15) is 15.9 Å². The Balaban J connectivity index is 2.17. The van der Waals surface area contributed by atoms with Crippen molar-refractivity contribution in [3.05, 3.63) is 62.5 Å². The summed E-state index contributed by atoms with van der Waals surface area (Å²) < 4.78 is 6.86. The predicted octanol–water partition coefficient (Wildman–Crippen LogP) is 4.49. The van der Waals surface area contributed by atoms with Crippen molar-refractivity contribution in [2.45, 2.75) is 6.54 Å². The third-order valence-electron chi connectivity index (χ3n) is 3.06. The van der Waals surface area contributed by atoms with Gasteiger partial charge >= 0.3 is 0 Å². The molecule has 0 saturated heterocycles. The van der Waals surface area contributed by atoms with Gasteiger partial charge in [-0.2, -0.15) is 0 Å². The zero-order chi connectivity index (χ0) is 15.4. The van der Waals surface area contributed by atoms with Crippen LogP contribution in [0.25, 0.3) is 0 Å². The molecule has 0 radical (unpaired) electrons. The van der Waals surface area contributed by atoms with Crippen molar-refractivity contribution in [3.63, 3.8) is 0 Å². The van der Waals surface area contributed by atoms with Gasteiger partial charge in [0.05, 0.1) is 12.7 Å². The summed E-state index contributed by atoms with van der Waals surface area (Å²) in [7, 11) is 3.42. The van der Waals surface area contributed by atoms with Crippen LogP contribution in [-0.4, -0.2) is 25.0 Å². The van der Waals surface area contributed by atoms with Crippen LogP contribution < -0.4 is 4.74 Å². The number of rotatable bonds is 4. The number of methoxy groups -OCH3 is 1. The Labute approximate surface area is 141 Å². The van der Waals surface area contributed by atoms with Crippen LogP contribution in [0.15, 0.2) is 51.4 Å². The zero-order valence-electron chi connectivity index (χ0n) is 11.8. The predicted molar refractivity (Wildman–Crippen MR) is 90.6 cm³/mol. The first kappa shape index (κ1) is 16.0. The number of nitrogens with zero attached hydrogens (tertiary/aromatic N) is 1. The second kappa shape index (κ2) is 7.09. The minimum Gasteiger partial charge on any atom is -0.497 e. The molecule has 0 aliphatic carbocycles. The van der Waals surface area contributed by atoms with E-state index in [2.05, 4.69) is 31.9 Å². The van der Waals surface area contributed by atoms with Crippen LogP contribution >= 0.6 is 31.9 Å². The van der Waals surface area contributed by atoms with Gasteiger partial charge in [-0.05, 0) is 51.8 Å². The van der Waals surface area contributed by atoms with Crippen LogP contribution in [0.3, 0.4) is 0 Å². The number of ether oxygens (including phenoxy) is 1. The van der Waals surface area contributed by atoms with Gasteiger partial charge in [-0.25, -0.2) is 0 Å². The van der Waals surface area contributed by atoms with E-state index < -0.39 is 0 Å². The highest BCUT2D eigenvalue weighted by molar-refractivity contribution is 9.11. The van der Waals surface area contributed by atoms with E-state index in [1.54, 1.807) is 19.1 Å². The molecule has 0 fully saturated rings. The lowest BCUT2D eigenvalue weighted by molar-refractivity contribution is 0.0784.